The Morgan fingerprint density at radius 2 is 1.89 bits per heavy atom. The maximum atomic E-state index is 12.3. The van der Waals surface area contributed by atoms with Crippen LogP contribution in [0.4, 0.5) is 5.69 Å². The largest absolute Gasteiger partial charge is 0.398 e. The second-order valence-corrected chi connectivity index (χ2v) is 6.16. The van der Waals surface area contributed by atoms with E-state index in [0.29, 0.717) is 29.8 Å². The molecular weight excluding hydrogens is 260 g/mol. The van der Waals surface area contributed by atoms with Gasteiger partial charge in [-0.2, -0.15) is 0 Å². The van der Waals surface area contributed by atoms with Crippen LogP contribution in [-0.2, 0) is 10.0 Å². The number of hydrogen-bond acceptors (Lipinski definition) is 3. The molecule has 0 amide bonds. The zero-order valence-electron chi connectivity index (χ0n) is 11.8. The Bertz CT molecular complexity index is 638. The lowest BCUT2D eigenvalue weighted by Gasteiger charge is -2.15. The number of rotatable bonds is 4. The highest BCUT2D eigenvalue weighted by molar-refractivity contribution is 7.89. The van der Waals surface area contributed by atoms with Crippen molar-refractivity contribution in [2.45, 2.75) is 39.0 Å². The van der Waals surface area contributed by atoms with Gasteiger partial charge in [-0.3, -0.25) is 0 Å². The van der Waals surface area contributed by atoms with E-state index in [-0.39, 0.29) is 4.90 Å². The van der Waals surface area contributed by atoms with E-state index in [9.17, 15) is 8.42 Å². The Balaban J connectivity index is 3.14. The van der Waals surface area contributed by atoms with Gasteiger partial charge in [0.15, 0.2) is 0 Å². The molecule has 0 aliphatic heterocycles. The lowest BCUT2D eigenvalue weighted by Crippen LogP contribution is -2.26. The molecule has 5 heteroatoms. The van der Waals surface area contributed by atoms with Crippen molar-refractivity contribution in [2.75, 3.05) is 12.3 Å². The van der Waals surface area contributed by atoms with Gasteiger partial charge in [0.1, 0.15) is 0 Å². The molecule has 3 N–H and O–H groups in total. The topological polar surface area (TPSA) is 72.2 Å². The second kappa shape index (κ2) is 6.09. The van der Waals surface area contributed by atoms with Crippen LogP contribution in [0.15, 0.2) is 11.0 Å². The van der Waals surface area contributed by atoms with Gasteiger partial charge >= 0.3 is 0 Å². The summed E-state index contributed by atoms with van der Waals surface area (Å²) in [6.45, 7) is 7.41. The Kier molecular flexibility index (Phi) is 4.98. The average Bonchev–Trinajstić information content (AvgIpc) is 2.31. The van der Waals surface area contributed by atoms with Gasteiger partial charge in [-0.15, -0.1) is 11.8 Å². The van der Waals surface area contributed by atoms with Crippen LogP contribution in [0.5, 0.6) is 0 Å². The van der Waals surface area contributed by atoms with Crippen LogP contribution in [0.2, 0.25) is 0 Å². The van der Waals surface area contributed by atoms with Crippen molar-refractivity contribution in [3.63, 3.8) is 0 Å². The first-order valence-corrected chi connectivity index (χ1v) is 7.55. The fourth-order valence-electron chi connectivity index (χ4n) is 2.04. The molecule has 104 valence electrons. The molecule has 0 aliphatic rings. The molecule has 0 saturated heterocycles. The number of hydrogen-bond donors (Lipinski definition) is 2. The first kappa shape index (κ1) is 15.5. The lowest BCUT2D eigenvalue weighted by molar-refractivity contribution is 0.581. The van der Waals surface area contributed by atoms with Gasteiger partial charge in [0.2, 0.25) is 10.0 Å². The molecule has 0 atom stereocenters. The summed E-state index contributed by atoms with van der Waals surface area (Å²) in [6, 6.07) is 1.79. The van der Waals surface area contributed by atoms with Crippen molar-refractivity contribution < 1.29 is 8.42 Å². The van der Waals surface area contributed by atoms with Gasteiger partial charge in [0, 0.05) is 18.7 Å². The quantitative estimate of drug-likeness (QED) is 0.502. The smallest absolute Gasteiger partial charge is 0.241 e. The molecule has 0 aromatic heterocycles. The number of nitrogens with one attached hydrogen (secondary N) is 1. The zero-order valence-corrected chi connectivity index (χ0v) is 12.6. The zero-order chi connectivity index (χ0) is 14.6. The summed E-state index contributed by atoms with van der Waals surface area (Å²) in [7, 11) is -3.54. The van der Waals surface area contributed by atoms with E-state index in [4.69, 9.17) is 5.73 Å². The van der Waals surface area contributed by atoms with E-state index in [1.54, 1.807) is 26.8 Å². The molecule has 0 bridgehead atoms. The number of nitrogens with two attached hydrogens (primary N) is 1. The van der Waals surface area contributed by atoms with Crippen LogP contribution >= 0.6 is 0 Å². The molecule has 1 aromatic rings. The standard InChI is InChI=1S/C14H20N2O2S/c1-5-6-7-8-16-19(17,18)14-11(3)9-10(2)13(15)12(14)4/h9,16H,7-8,15H2,1-4H3. The minimum atomic E-state index is -3.54. The summed E-state index contributed by atoms with van der Waals surface area (Å²) in [5, 5.41) is 0. The van der Waals surface area contributed by atoms with Crippen LogP contribution in [-0.4, -0.2) is 15.0 Å². The number of nitrogen functional groups attached to an aromatic ring is 1. The van der Waals surface area contributed by atoms with E-state index < -0.39 is 10.0 Å². The van der Waals surface area contributed by atoms with Crippen LogP contribution in [0.25, 0.3) is 0 Å². The summed E-state index contributed by atoms with van der Waals surface area (Å²) in [4.78, 5) is 0.278. The normalized spacial score (nSPS) is 10.9. The first-order valence-electron chi connectivity index (χ1n) is 6.06. The maximum Gasteiger partial charge on any atom is 0.241 e. The molecule has 1 aromatic carbocycles. The van der Waals surface area contributed by atoms with E-state index in [2.05, 4.69) is 16.6 Å². The van der Waals surface area contributed by atoms with Gasteiger partial charge in [0.25, 0.3) is 0 Å². The minimum absolute atomic E-state index is 0.278. The van der Waals surface area contributed by atoms with Crippen LogP contribution < -0.4 is 10.5 Å². The lowest BCUT2D eigenvalue weighted by atomic mass is 10.1. The van der Waals surface area contributed by atoms with E-state index in [0.717, 1.165) is 5.56 Å². The van der Waals surface area contributed by atoms with E-state index in [1.807, 2.05) is 6.92 Å². The van der Waals surface area contributed by atoms with E-state index in [1.165, 1.54) is 0 Å². The van der Waals surface area contributed by atoms with Gasteiger partial charge < -0.3 is 5.73 Å². The molecule has 0 aliphatic carbocycles. The number of aryl methyl sites for hydroxylation is 2. The second-order valence-electron chi connectivity index (χ2n) is 4.45. The molecule has 1 rings (SSSR count). The fraction of sp³-hybridized carbons (Fsp3) is 0.429. The Morgan fingerprint density at radius 3 is 2.47 bits per heavy atom. The molecule has 0 radical (unpaired) electrons. The van der Waals surface area contributed by atoms with E-state index >= 15 is 0 Å². The molecule has 0 unspecified atom stereocenters. The van der Waals surface area contributed by atoms with Gasteiger partial charge in [-0.05, 0) is 44.4 Å². The van der Waals surface area contributed by atoms with Crippen molar-refractivity contribution in [2.24, 2.45) is 0 Å². The first-order chi connectivity index (χ1) is 8.81. The van der Waals surface area contributed by atoms with Gasteiger partial charge in [-0.1, -0.05) is 6.07 Å². The van der Waals surface area contributed by atoms with Crippen molar-refractivity contribution >= 4 is 15.7 Å². The SMILES string of the molecule is CC#CCCNS(=O)(=O)c1c(C)cc(C)c(N)c1C. The highest BCUT2D eigenvalue weighted by Crippen LogP contribution is 2.27. The van der Waals surface area contributed by atoms with Crippen molar-refractivity contribution in [3.8, 4) is 11.8 Å². The van der Waals surface area contributed by atoms with Crippen LogP contribution in [0.3, 0.4) is 0 Å². The van der Waals surface area contributed by atoms with Crippen LogP contribution in [0.1, 0.15) is 30.0 Å². The Labute approximate surface area is 115 Å². The van der Waals surface area contributed by atoms with Crippen molar-refractivity contribution in [1.29, 1.82) is 0 Å². The summed E-state index contributed by atoms with van der Waals surface area (Å²) >= 11 is 0. The third kappa shape index (κ3) is 3.49. The molecule has 4 nitrogen and oxygen atoms in total. The molecule has 0 fully saturated rings. The fourth-order valence-corrected chi connectivity index (χ4v) is 3.55. The molecule has 0 heterocycles. The van der Waals surface area contributed by atoms with Gasteiger partial charge in [0.05, 0.1) is 4.90 Å². The monoisotopic (exact) mass is 280 g/mol. The summed E-state index contributed by atoms with van der Waals surface area (Å²) in [5.74, 6) is 5.55. The Hall–Kier alpha value is -1.51. The third-order valence-corrected chi connectivity index (χ3v) is 4.70. The minimum Gasteiger partial charge on any atom is -0.398 e. The summed E-state index contributed by atoms with van der Waals surface area (Å²) in [6.07, 6.45) is 0.495. The molecule has 0 saturated carbocycles. The van der Waals surface area contributed by atoms with Gasteiger partial charge in [-0.25, -0.2) is 13.1 Å². The van der Waals surface area contributed by atoms with Crippen molar-refractivity contribution in [1.82, 2.24) is 4.72 Å². The third-order valence-electron chi connectivity index (χ3n) is 2.95. The molecule has 19 heavy (non-hydrogen) atoms. The summed E-state index contributed by atoms with van der Waals surface area (Å²) < 4.78 is 27.1. The number of benzene rings is 1. The number of anilines is 1. The van der Waals surface area contributed by atoms with Crippen LogP contribution in [0, 0.1) is 32.6 Å². The highest BCUT2D eigenvalue weighted by Gasteiger charge is 2.21. The predicted octanol–water partition coefficient (Wildman–Crippen LogP) is 1.89. The average molecular weight is 280 g/mol. The molecule has 0 spiro atoms. The maximum absolute atomic E-state index is 12.3. The Morgan fingerprint density at radius 1 is 1.26 bits per heavy atom. The predicted molar refractivity (Wildman–Crippen MR) is 78.3 cm³/mol. The highest BCUT2D eigenvalue weighted by atomic mass is 32.2. The summed E-state index contributed by atoms with van der Waals surface area (Å²) in [5.41, 5.74) is 8.64. The molecular formula is C14H20N2O2S. The van der Waals surface area contributed by atoms with Crippen molar-refractivity contribution in [3.05, 3.63) is 22.8 Å². The number of sulfonamides is 1.